The van der Waals surface area contributed by atoms with Crippen LogP contribution in [0.5, 0.6) is 5.75 Å². The molecule has 0 radical (unpaired) electrons. The lowest BCUT2D eigenvalue weighted by Crippen LogP contribution is -2.41. The van der Waals surface area contributed by atoms with Crippen molar-refractivity contribution in [2.45, 2.75) is 17.7 Å². The van der Waals surface area contributed by atoms with Crippen LogP contribution in [-0.4, -0.2) is 27.6 Å². The molecule has 24 heavy (non-hydrogen) atoms. The van der Waals surface area contributed by atoms with Crippen LogP contribution in [0.3, 0.4) is 0 Å². The van der Waals surface area contributed by atoms with Gasteiger partial charge in [0, 0.05) is 18.0 Å². The van der Waals surface area contributed by atoms with Gasteiger partial charge in [-0.25, -0.2) is 17.9 Å². The Morgan fingerprint density at radius 2 is 1.88 bits per heavy atom. The number of carbonyl (C=O) groups excluding carboxylic acids is 1. The fraction of sp³-hybridized carbons (Fsp3) is 0.235. The number of amides is 2. The fourth-order valence-corrected chi connectivity index (χ4v) is 3.48. The smallest absolute Gasteiger partial charge is 0.328 e. The molecule has 7 heteroatoms. The molecule has 1 unspecified atom stereocenters. The molecule has 6 nitrogen and oxygen atoms in total. The molecule has 3 rings (SSSR count). The van der Waals surface area contributed by atoms with Crippen molar-refractivity contribution in [3.63, 3.8) is 0 Å². The molecule has 126 valence electrons. The maximum absolute atomic E-state index is 12.2. The minimum Gasteiger partial charge on any atom is -0.493 e. The zero-order valence-electron chi connectivity index (χ0n) is 13.2. The van der Waals surface area contributed by atoms with E-state index in [9.17, 15) is 13.2 Å². The maximum Gasteiger partial charge on any atom is 0.328 e. The Morgan fingerprint density at radius 1 is 1.17 bits per heavy atom. The third-order valence-corrected chi connectivity index (χ3v) is 5.21. The molecule has 2 amide bonds. The Bertz CT molecular complexity index is 847. The summed E-state index contributed by atoms with van der Waals surface area (Å²) in [6.45, 7) is 2.62. The average Bonchev–Trinajstić information content (AvgIpc) is 2.96. The lowest BCUT2D eigenvalue weighted by atomic mass is 10.0. The molecule has 0 aromatic heterocycles. The molecule has 0 spiro atoms. The van der Waals surface area contributed by atoms with Crippen molar-refractivity contribution in [1.82, 2.24) is 10.0 Å². The predicted octanol–water partition coefficient (Wildman–Crippen LogP) is 2.16. The van der Waals surface area contributed by atoms with E-state index < -0.39 is 16.1 Å². The van der Waals surface area contributed by atoms with Crippen LogP contribution in [0.25, 0.3) is 0 Å². The first-order valence-electron chi connectivity index (χ1n) is 7.55. The van der Waals surface area contributed by atoms with Crippen molar-refractivity contribution in [2.75, 3.05) is 13.2 Å². The van der Waals surface area contributed by atoms with Crippen LogP contribution in [0.1, 0.15) is 17.0 Å². The van der Waals surface area contributed by atoms with E-state index in [2.05, 4.69) is 5.32 Å². The molecule has 1 aliphatic rings. The number of urea groups is 1. The van der Waals surface area contributed by atoms with E-state index >= 15 is 0 Å². The van der Waals surface area contributed by atoms with E-state index in [0.29, 0.717) is 13.2 Å². The van der Waals surface area contributed by atoms with E-state index in [1.165, 1.54) is 12.1 Å². The van der Waals surface area contributed by atoms with Gasteiger partial charge >= 0.3 is 6.03 Å². The summed E-state index contributed by atoms with van der Waals surface area (Å²) in [5.74, 6) is 0.811. The second kappa shape index (κ2) is 6.52. The highest BCUT2D eigenvalue weighted by molar-refractivity contribution is 7.90. The number of rotatable bonds is 4. The van der Waals surface area contributed by atoms with Crippen LogP contribution in [-0.2, 0) is 10.0 Å². The summed E-state index contributed by atoms with van der Waals surface area (Å²) in [5, 5.41) is 2.59. The second-order valence-electron chi connectivity index (χ2n) is 5.67. The normalized spacial score (nSPS) is 16.1. The summed E-state index contributed by atoms with van der Waals surface area (Å²) in [4.78, 5) is 12.0. The van der Waals surface area contributed by atoms with Crippen molar-refractivity contribution in [1.29, 1.82) is 0 Å². The summed E-state index contributed by atoms with van der Waals surface area (Å²) >= 11 is 0. The van der Waals surface area contributed by atoms with Crippen molar-refractivity contribution in [3.8, 4) is 5.75 Å². The lowest BCUT2D eigenvalue weighted by molar-refractivity contribution is 0.244. The van der Waals surface area contributed by atoms with Gasteiger partial charge in [0.15, 0.2) is 0 Å². The van der Waals surface area contributed by atoms with Gasteiger partial charge in [-0.15, -0.1) is 0 Å². The third kappa shape index (κ3) is 3.51. The molecule has 2 aromatic rings. The number of aryl methyl sites for hydroxylation is 1. The third-order valence-electron chi connectivity index (χ3n) is 3.87. The first kappa shape index (κ1) is 16.3. The standard InChI is InChI=1S/C17H18N2O4S/c1-12-6-8-14(9-7-12)24(21,22)19-17(20)18-10-13-11-23-16-5-3-2-4-15(13)16/h2-9,13H,10-11H2,1H3,(H2,18,19,20). The number of nitrogens with one attached hydrogen (secondary N) is 2. The van der Waals surface area contributed by atoms with Crippen molar-refractivity contribution >= 4 is 16.1 Å². The van der Waals surface area contributed by atoms with Crippen LogP contribution in [0.2, 0.25) is 0 Å². The van der Waals surface area contributed by atoms with Crippen molar-refractivity contribution in [2.24, 2.45) is 0 Å². The number of carbonyl (C=O) groups is 1. The fourth-order valence-electron chi connectivity index (χ4n) is 2.55. The van der Waals surface area contributed by atoms with E-state index in [1.807, 2.05) is 35.9 Å². The lowest BCUT2D eigenvalue weighted by Gasteiger charge is -2.12. The number of hydrogen-bond donors (Lipinski definition) is 2. The van der Waals surface area contributed by atoms with Gasteiger partial charge in [-0.1, -0.05) is 35.9 Å². The molecule has 0 aliphatic carbocycles. The van der Waals surface area contributed by atoms with Crippen molar-refractivity contribution in [3.05, 3.63) is 59.7 Å². The Balaban J connectivity index is 1.59. The van der Waals surface area contributed by atoms with Gasteiger partial charge in [-0.05, 0) is 25.1 Å². The van der Waals surface area contributed by atoms with Crippen LogP contribution in [0.4, 0.5) is 4.79 Å². The second-order valence-corrected chi connectivity index (χ2v) is 7.36. The topological polar surface area (TPSA) is 84.5 Å². The van der Waals surface area contributed by atoms with Gasteiger partial charge in [-0.3, -0.25) is 0 Å². The molecule has 0 saturated carbocycles. The number of fused-ring (bicyclic) bond motifs is 1. The predicted molar refractivity (Wildman–Crippen MR) is 89.6 cm³/mol. The average molecular weight is 346 g/mol. The van der Waals surface area contributed by atoms with E-state index in [4.69, 9.17) is 4.74 Å². The monoisotopic (exact) mass is 346 g/mol. The number of sulfonamides is 1. The summed E-state index contributed by atoms with van der Waals surface area (Å²) < 4.78 is 31.9. The van der Waals surface area contributed by atoms with Crippen LogP contribution in [0.15, 0.2) is 53.4 Å². The van der Waals surface area contributed by atoms with Crippen LogP contribution >= 0.6 is 0 Å². The SMILES string of the molecule is Cc1ccc(S(=O)(=O)NC(=O)NCC2COc3ccccc32)cc1. The molecular formula is C17H18N2O4S. The summed E-state index contributed by atoms with van der Waals surface area (Å²) in [5.41, 5.74) is 1.96. The minimum atomic E-state index is -3.88. The zero-order valence-corrected chi connectivity index (χ0v) is 14.0. The molecule has 1 heterocycles. The molecule has 1 atom stereocenters. The highest BCUT2D eigenvalue weighted by atomic mass is 32.2. The molecule has 2 aromatic carbocycles. The molecule has 1 aliphatic heterocycles. The Hall–Kier alpha value is -2.54. The first-order valence-corrected chi connectivity index (χ1v) is 9.03. The Labute approximate surface area is 140 Å². The molecule has 2 N–H and O–H groups in total. The first-order chi connectivity index (χ1) is 11.5. The number of ether oxygens (including phenoxy) is 1. The summed E-state index contributed by atoms with van der Waals surface area (Å²) in [7, 11) is -3.88. The quantitative estimate of drug-likeness (QED) is 0.888. The molecule has 0 fully saturated rings. The summed E-state index contributed by atoms with van der Waals surface area (Å²) in [6, 6.07) is 13.1. The number of hydrogen-bond acceptors (Lipinski definition) is 4. The maximum atomic E-state index is 12.2. The molecular weight excluding hydrogens is 328 g/mol. The van der Waals surface area contributed by atoms with Crippen molar-refractivity contribution < 1.29 is 17.9 Å². The van der Waals surface area contributed by atoms with E-state index in [1.54, 1.807) is 12.1 Å². The largest absolute Gasteiger partial charge is 0.493 e. The Kier molecular flexibility index (Phi) is 4.44. The molecule has 0 bridgehead atoms. The van der Waals surface area contributed by atoms with E-state index in [-0.39, 0.29) is 10.8 Å². The van der Waals surface area contributed by atoms with Crippen LogP contribution < -0.4 is 14.8 Å². The minimum absolute atomic E-state index is 0.00836. The van der Waals surface area contributed by atoms with Gasteiger partial charge in [0.2, 0.25) is 0 Å². The van der Waals surface area contributed by atoms with Gasteiger partial charge in [-0.2, -0.15) is 0 Å². The van der Waals surface area contributed by atoms with E-state index in [0.717, 1.165) is 16.9 Å². The van der Waals surface area contributed by atoms with Crippen LogP contribution in [0, 0.1) is 6.92 Å². The number of benzene rings is 2. The van der Waals surface area contributed by atoms with Gasteiger partial charge < -0.3 is 10.1 Å². The highest BCUT2D eigenvalue weighted by Gasteiger charge is 2.25. The van der Waals surface area contributed by atoms with Gasteiger partial charge in [0.1, 0.15) is 5.75 Å². The Morgan fingerprint density at radius 3 is 2.62 bits per heavy atom. The molecule has 0 saturated heterocycles. The zero-order chi connectivity index (χ0) is 17.2. The summed E-state index contributed by atoms with van der Waals surface area (Å²) in [6.07, 6.45) is 0. The number of para-hydroxylation sites is 1. The highest BCUT2D eigenvalue weighted by Crippen LogP contribution is 2.32. The van der Waals surface area contributed by atoms with Gasteiger partial charge in [0.25, 0.3) is 10.0 Å². The van der Waals surface area contributed by atoms with Gasteiger partial charge in [0.05, 0.1) is 11.5 Å².